The fourth-order valence-electron chi connectivity index (χ4n) is 2.50. The third-order valence-corrected chi connectivity index (χ3v) is 4.65. The Hall–Kier alpha value is -1.04. The zero-order chi connectivity index (χ0) is 13.7. The van der Waals surface area contributed by atoms with Gasteiger partial charge in [-0.3, -0.25) is 0 Å². The van der Waals surface area contributed by atoms with Crippen LogP contribution in [-0.2, 0) is 15.4 Å². The highest BCUT2D eigenvalue weighted by Crippen LogP contribution is 2.50. The maximum atomic E-state index is 11.2. The van der Waals surface area contributed by atoms with E-state index in [1.807, 2.05) is 24.4 Å². The van der Waals surface area contributed by atoms with Crippen LogP contribution in [0.1, 0.15) is 18.4 Å². The number of aromatic amines is 1. The van der Waals surface area contributed by atoms with Gasteiger partial charge in [0.1, 0.15) is 0 Å². The smallest absolute Gasteiger partial charge is 0.208 e. The first kappa shape index (κ1) is 13.0. The quantitative estimate of drug-likeness (QED) is 0.910. The molecule has 0 spiro atoms. The van der Waals surface area contributed by atoms with Crippen molar-refractivity contribution in [1.82, 2.24) is 9.71 Å². The summed E-state index contributed by atoms with van der Waals surface area (Å²) >= 11 is 5.97. The summed E-state index contributed by atoms with van der Waals surface area (Å²) in [5.41, 5.74) is 2.11. The first-order chi connectivity index (χ1) is 8.90. The van der Waals surface area contributed by atoms with Crippen molar-refractivity contribution < 1.29 is 8.42 Å². The Bertz CT molecular complexity index is 732. The van der Waals surface area contributed by atoms with E-state index in [0.29, 0.717) is 11.6 Å². The Morgan fingerprint density at radius 1 is 1.42 bits per heavy atom. The van der Waals surface area contributed by atoms with E-state index >= 15 is 0 Å². The van der Waals surface area contributed by atoms with E-state index in [0.717, 1.165) is 23.7 Å². The van der Waals surface area contributed by atoms with Crippen molar-refractivity contribution in [1.29, 1.82) is 0 Å². The molecule has 2 N–H and O–H groups in total. The van der Waals surface area contributed by atoms with Crippen LogP contribution in [0, 0.1) is 0 Å². The first-order valence-corrected chi connectivity index (χ1v) is 8.38. The second kappa shape index (κ2) is 4.23. The number of benzene rings is 1. The number of rotatable bonds is 4. The van der Waals surface area contributed by atoms with Crippen molar-refractivity contribution in [2.24, 2.45) is 0 Å². The Morgan fingerprint density at radius 3 is 2.79 bits per heavy atom. The van der Waals surface area contributed by atoms with Crippen molar-refractivity contribution >= 4 is 32.5 Å². The van der Waals surface area contributed by atoms with E-state index in [1.54, 1.807) is 0 Å². The molecule has 4 nitrogen and oxygen atoms in total. The number of nitrogens with one attached hydrogen (secondary N) is 2. The monoisotopic (exact) mass is 298 g/mol. The number of hydrogen-bond acceptors (Lipinski definition) is 2. The summed E-state index contributed by atoms with van der Waals surface area (Å²) in [6.07, 6.45) is 5.17. The Labute approximate surface area is 117 Å². The molecular weight excluding hydrogens is 284 g/mol. The second-order valence-electron chi connectivity index (χ2n) is 5.27. The van der Waals surface area contributed by atoms with Gasteiger partial charge >= 0.3 is 0 Å². The highest BCUT2D eigenvalue weighted by molar-refractivity contribution is 7.88. The number of sulfonamides is 1. The molecule has 0 amide bonds. The maximum absolute atomic E-state index is 11.2. The highest BCUT2D eigenvalue weighted by atomic mass is 35.5. The normalized spacial score (nSPS) is 17.8. The molecule has 1 saturated carbocycles. The molecule has 3 rings (SSSR count). The zero-order valence-corrected chi connectivity index (χ0v) is 12.1. The predicted octanol–water partition coefficient (Wildman–Crippen LogP) is 2.40. The van der Waals surface area contributed by atoms with Gasteiger partial charge in [-0.15, -0.1) is 0 Å². The minimum absolute atomic E-state index is 0.0604. The van der Waals surface area contributed by atoms with Crippen molar-refractivity contribution in [2.45, 2.75) is 18.3 Å². The molecule has 0 saturated heterocycles. The molecule has 2 aromatic rings. The van der Waals surface area contributed by atoms with Gasteiger partial charge in [-0.2, -0.15) is 0 Å². The standard InChI is InChI=1S/C13H15ClN2O2S/c1-19(17,18)16-8-13(4-5-13)11-7-15-12-6-9(14)2-3-10(11)12/h2-3,6-7,15-16H,4-5,8H2,1H3. The lowest BCUT2D eigenvalue weighted by Gasteiger charge is -2.14. The minimum atomic E-state index is -3.15. The SMILES string of the molecule is CS(=O)(=O)NCC1(c2c[nH]c3cc(Cl)ccc23)CC1. The number of aromatic nitrogens is 1. The van der Waals surface area contributed by atoms with E-state index in [-0.39, 0.29) is 5.41 Å². The lowest BCUT2D eigenvalue weighted by atomic mass is 9.96. The number of hydrogen-bond donors (Lipinski definition) is 2. The molecule has 0 radical (unpaired) electrons. The van der Waals surface area contributed by atoms with Crippen molar-refractivity contribution in [3.8, 4) is 0 Å². The minimum Gasteiger partial charge on any atom is -0.361 e. The number of H-pyrrole nitrogens is 1. The fraction of sp³-hybridized carbons (Fsp3) is 0.385. The molecule has 1 aliphatic rings. The van der Waals surface area contributed by atoms with Gasteiger partial charge in [0.05, 0.1) is 6.26 Å². The first-order valence-electron chi connectivity index (χ1n) is 6.11. The van der Waals surface area contributed by atoms with Crippen LogP contribution in [0.3, 0.4) is 0 Å². The average molecular weight is 299 g/mol. The van der Waals surface area contributed by atoms with Crippen LogP contribution in [0.4, 0.5) is 0 Å². The summed E-state index contributed by atoms with van der Waals surface area (Å²) in [5.74, 6) is 0. The van der Waals surface area contributed by atoms with Crippen LogP contribution in [0.5, 0.6) is 0 Å². The molecule has 1 aromatic carbocycles. The lowest BCUT2D eigenvalue weighted by Crippen LogP contribution is -2.31. The third-order valence-electron chi connectivity index (χ3n) is 3.74. The van der Waals surface area contributed by atoms with Crippen molar-refractivity contribution in [2.75, 3.05) is 12.8 Å². The second-order valence-corrected chi connectivity index (χ2v) is 7.54. The number of halogens is 1. The summed E-state index contributed by atoms with van der Waals surface area (Å²) < 4.78 is 25.1. The Kier molecular flexibility index (Phi) is 2.89. The molecule has 1 heterocycles. The van der Waals surface area contributed by atoms with Crippen LogP contribution < -0.4 is 4.72 Å². The molecule has 6 heteroatoms. The average Bonchev–Trinajstić information content (AvgIpc) is 3.00. The van der Waals surface area contributed by atoms with Crippen LogP contribution >= 0.6 is 11.6 Å². The molecule has 0 unspecified atom stereocenters. The molecule has 0 aliphatic heterocycles. The molecule has 19 heavy (non-hydrogen) atoms. The van der Waals surface area contributed by atoms with Gasteiger partial charge < -0.3 is 4.98 Å². The Balaban J connectivity index is 1.96. The molecule has 1 aliphatic carbocycles. The van der Waals surface area contributed by atoms with Gasteiger partial charge in [0.25, 0.3) is 0 Å². The van der Waals surface area contributed by atoms with E-state index in [2.05, 4.69) is 9.71 Å². The third kappa shape index (κ3) is 2.50. The molecule has 1 fully saturated rings. The number of fused-ring (bicyclic) bond motifs is 1. The van der Waals surface area contributed by atoms with Gasteiger partial charge in [0.15, 0.2) is 0 Å². The highest BCUT2D eigenvalue weighted by Gasteiger charge is 2.45. The van der Waals surface area contributed by atoms with Crippen molar-refractivity contribution in [3.63, 3.8) is 0 Å². The lowest BCUT2D eigenvalue weighted by molar-refractivity contribution is 0.573. The van der Waals surface area contributed by atoms with Gasteiger partial charge in [-0.25, -0.2) is 13.1 Å². The predicted molar refractivity (Wildman–Crippen MR) is 77.1 cm³/mol. The van der Waals surface area contributed by atoms with Gasteiger partial charge in [-0.1, -0.05) is 17.7 Å². The van der Waals surface area contributed by atoms with E-state index in [4.69, 9.17) is 11.6 Å². The van der Waals surface area contributed by atoms with E-state index < -0.39 is 10.0 Å². The molecule has 1 aromatic heterocycles. The summed E-state index contributed by atoms with van der Waals surface area (Å²) in [6, 6.07) is 5.74. The van der Waals surface area contributed by atoms with Crippen LogP contribution in [0.15, 0.2) is 24.4 Å². The van der Waals surface area contributed by atoms with E-state index in [1.165, 1.54) is 11.8 Å². The van der Waals surface area contributed by atoms with Crippen molar-refractivity contribution in [3.05, 3.63) is 35.0 Å². The Morgan fingerprint density at radius 2 is 2.16 bits per heavy atom. The zero-order valence-electron chi connectivity index (χ0n) is 10.5. The maximum Gasteiger partial charge on any atom is 0.208 e. The molecule has 0 atom stereocenters. The fourth-order valence-corrected chi connectivity index (χ4v) is 3.21. The topological polar surface area (TPSA) is 62.0 Å². The van der Waals surface area contributed by atoms with Crippen LogP contribution in [0.25, 0.3) is 10.9 Å². The van der Waals surface area contributed by atoms with Gasteiger partial charge in [-0.05, 0) is 30.5 Å². The van der Waals surface area contributed by atoms with Crippen LogP contribution in [0.2, 0.25) is 5.02 Å². The summed E-state index contributed by atoms with van der Waals surface area (Å²) in [6.45, 7) is 0.460. The summed E-state index contributed by atoms with van der Waals surface area (Å²) in [5, 5.41) is 1.82. The largest absolute Gasteiger partial charge is 0.361 e. The van der Waals surface area contributed by atoms with Crippen LogP contribution in [-0.4, -0.2) is 26.2 Å². The van der Waals surface area contributed by atoms with E-state index in [9.17, 15) is 8.42 Å². The summed E-state index contributed by atoms with van der Waals surface area (Å²) in [7, 11) is -3.15. The van der Waals surface area contributed by atoms with Gasteiger partial charge in [0.2, 0.25) is 10.0 Å². The molecule has 0 bridgehead atoms. The molecular formula is C13H15ClN2O2S. The van der Waals surface area contributed by atoms with Gasteiger partial charge in [0, 0.05) is 34.1 Å². The molecule has 102 valence electrons. The summed E-state index contributed by atoms with van der Waals surface area (Å²) in [4.78, 5) is 3.21.